The number of nitrogen functional groups attached to an aromatic ring is 1. The van der Waals surface area contributed by atoms with Crippen molar-refractivity contribution in [1.82, 2.24) is 19.7 Å². The third-order valence-corrected chi connectivity index (χ3v) is 2.53. The summed E-state index contributed by atoms with van der Waals surface area (Å²) in [4.78, 5) is 8.25. The molecule has 0 unspecified atom stereocenters. The summed E-state index contributed by atoms with van der Waals surface area (Å²) in [6.07, 6.45) is 3.25. The van der Waals surface area contributed by atoms with Gasteiger partial charge in [-0.3, -0.25) is 4.68 Å². The second-order valence-electron chi connectivity index (χ2n) is 3.29. The van der Waals surface area contributed by atoms with Crippen LogP contribution in [0.15, 0.2) is 23.1 Å². The van der Waals surface area contributed by atoms with Gasteiger partial charge in [0.25, 0.3) is 0 Å². The number of pyridine rings is 1. The summed E-state index contributed by atoms with van der Waals surface area (Å²) < 4.78 is 2.48. The number of aryl methyl sites for hydroxylation is 1. The quantitative estimate of drug-likeness (QED) is 0.883. The standard InChI is InChI=1S/C9H11BrN6/c1-16-5-14-8(15-16)4-13-9-7(10)2-6(11)3-12-9/h2-3,5H,4,11H2,1H3,(H,12,13). The Morgan fingerprint density at radius 1 is 1.50 bits per heavy atom. The smallest absolute Gasteiger partial charge is 0.169 e. The van der Waals surface area contributed by atoms with Crippen molar-refractivity contribution in [1.29, 1.82) is 0 Å². The topological polar surface area (TPSA) is 81.7 Å². The summed E-state index contributed by atoms with van der Waals surface area (Å²) in [5.74, 6) is 1.44. The first-order valence-corrected chi connectivity index (χ1v) is 5.44. The van der Waals surface area contributed by atoms with Crippen LogP contribution in [-0.2, 0) is 13.6 Å². The van der Waals surface area contributed by atoms with Crippen LogP contribution in [0.25, 0.3) is 0 Å². The molecule has 0 aliphatic carbocycles. The molecule has 0 aliphatic heterocycles. The molecule has 84 valence electrons. The maximum Gasteiger partial charge on any atom is 0.169 e. The molecular formula is C9H11BrN6. The SMILES string of the molecule is Cn1cnc(CNc2ncc(N)cc2Br)n1. The van der Waals surface area contributed by atoms with Crippen molar-refractivity contribution in [3.05, 3.63) is 28.9 Å². The van der Waals surface area contributed by atoms with Crippen molar-refractivity contribution in [2.45, 2.75) is 6.54 Å². The largest absolute Gasteiger partial charge is 0.397 e. The van der Waals surface area contributed by atoms with E-state index in [1.54, 1.807) is 23.3 Å². The molecule has 0 spiro atoms. The highest BCUT2D eigenvalue weighted by Gasteiger charge is 2.03. The Balaban J connectivity index is 2.04. The molecule has 0 fully saturated rings. The number of halogens is 1. The number of nitrogens with zero attached hydrogens (tertiary/aromatic N) is 4. The van der Waals surface area contributed by atoms with Gasteiger partial charge < -0.3 is 11.1 Å². The van der Waals surface area contributed by atoms with Gasteiger partial charge >= 0.3 is 0 Å². The van der Waals surface area contributed by atoms with Crippen LogP contribution >= 0.6 is 15.9 Å². The number of nitrogens with one attached hydrogen (secondary N) is 1. The highest BCUT2D eigenvalue weighted by atomic mass is 79.9. The molecule has 6 nitrogen and oxygen atoms in total. The molecule has 0 atom stereocenters. The Labute approximate surface area is 101 Å². The third-order valence-electron chi connectivity index (χ3n) is 1.92. The third kappa shape index (κ3) is 2.48. The highest BCUT2D eigenvalue weighted by Crippen LogP contribution is 2.21. The van der Waals surface area contributed by atoms with E-state index in [-0.39, 0.29) is 0 Å². The molecule has 0 aliphatic rings. The minimum absolute atomic E-state index is 0.524. The van der Waals surface area contributed by atoms with E-state index in [0.717, 1.165) is 10.3 Å². The van der Waals surface area contributed by atoms with Crippen LogP contribution in [0.5, 0.6) is 0 Å². The lowest BCUT2D eigenvalue weighted by atomic mass is 10.4. The van der Waals surface area contributed by atoms with Gasteiger partial charge in [0, 0.05) is 7.05 Å². The van der Waals surface area contributed by atoms with Gasteiger partial charge in [-0.25, -0.2) is 9.97 Å². The maximum absolute atomic E-state index is 5.59. The second-order valence-corrected chi connectivity index (χ2v) is 4.14. The molecule has 3 N–H and O–H groups in total. The van der Waals surface area contributed by atoms with Crippen LogP contribution in [0.2, 0.25) is 0 Å². The molecule has 7 heteroatoms. The fourth-order valence-corrected chi connectivity index (χ4v) is 1.72. The van der Waals surface area contributed by atoms with Crippen molar-refractivity contribution in [3.8, 4) is 0 Å². The lowest BCUT2D eigenvalue weighted by Gasteiger charge is -2.05. The molecule has 0 saturated heterocycles. The number of rotatable bonds is 3. The van der Waals surface area contributed by atoms with Gasteiger partial charge in [-0.2, -0.15) is 5.10 Å². The summed E-state index contributed by atoms with van der Waals surface area (Å²) >= 11 is 3.37. The van der Waals surface area contributed by atoms with Crippen LogP contribution in [0, 0.1) is 0 Å². The average molecular weight is 283 g/mol. The van der Waals surface area contributed by atoms with E-state index in [9.17, 15) is 0 Å². The summed E-state index contributed by atoms with van der Waals surface area (Å²) in [5.41, 5.74) is 6.21. The average Bonchev–Trinajstić information content (AvgIpc) is 2.63. The van der Waals surface area contributed by atoms with Crippen molar-refractivity contribution < 1.29 is 0 Å². The summed E-state index contributed by atoms with van der Waals surface area (Å²) in [5, 5.41) is 7.27. The molecule has 16 heavy (non-hydrogen) atoms. The minimum atomic E-state index is 0.524. The molecule has 2 aromatic rings. The minimum Gasteiger partial charge on any atom is -0.397 e. The number of hydrogen-bond acceptors (Lipinski definition) is 5. The van der Waals surface area contributed by atoms with Crippen molar-refractivity contribution in [2.24, 2.45) is 7.05 Å². The first-order valence-electron chi connectivity index (χ1n) is 4.64. The Kier molecular flexibility index (Phi) is 3.04. The molecule has 0 bridgehead atoms. The molecule has 2 rings (SSSR count). The first-order chi connectivity index (χ1) is 7.65. The Morgan fingerprint density at radius 3 is 2.94 bits per heavy atom. The second kappa shape index (κ2) is 4.48. The van der Waals surface area contributed by atoms with Gasteiger partial charge in [0.2, 0.25) is 0 Å². The maximum atomic E-state index is 5.59. The van der Waals surface area contributed by atoms with E-state index >= 15 is 0 Å². The van der Waals surface area contributed by atoms with E-state index in [1.807, 2.05) is 7.05 Å². The van der Waals surface area contributed by atoms with E-state index < -0.39 is 0 Å². The normalized spacial score (nSPS) is 10.4. The van der Waals surface area contributed by atoms with Crippen LogP contribution in [0.1, 0.15) is 5.82 Å². The Hall–Kier alpha value is -1.63. The summed E-state index contributed by atoms with van der Waals surface area (Å²) in [6, 6.07) is 1.79. The van der Waals surface area contributed by atoms with Crippen molar-refractivity contribution in [2.75, 3.05) is 11.1 Å². The Morgan fingerprint density at radius 2 is 2.31 bits per heavy atom. The zero-order valence-corrected chi connectivity index (χ0v) is 10.3. The van der Waals surface area contributed by atoms with E-state index in [0.29, 0.717) is 18.1 Å². The fraction of sp³-hybridized carbons (Fsp3) is 0.222. The van der Waals surface area contributed by atoms with E-state index in [1.165, 1.54) is 0 Å². The predicted molar refractivity (Wildman–Crippen MR) is 64.7 cm³/mol. The van der Waals surface area contributed by atoms with Crippen LogP contribution in [0.4, 0.5) is 11.5 Å². The summed E-state index contributed by atoms with van der Waals surface area (Å²) in [7, 11) is 1.83. The van der Waals surface area contributed by atoms with E-state index in [4.69, 9.17) is 5.73 Å². The Bertz CT molecular complexity index is 494. The van der Waals surface area contributed by atoms with Gasteiger partial charge in [0.15, 0.2) is 5.82 Å². The molecule has 0 aromatic carbocycles. The molecule has 2 heterocycles. The number of anilines is 2. The molecule has 2 aromatic heterocycles. The molecule has 0 radical (unpaired) electrons. The zero-order valence-electron chi connectivity index (χ0n) is 8.68. The summed E-state index contributed by atoms with van der Waals surface area (Å²) in [6.45, 7) is 0.524. The number of nitrogens with two attached hydrogens (primary N) is 1. The van der Waals surface area contributed by atoms with E-state index in [2.05, 4.69) is 36.3 Å². The molecular weight excluding hydrogens is 272 g/mol. The number of hydrogen-bond donors (Lipinski definition) is 2. The van der Waals surface area contributed by atoms with Crippen molar-refractivity contribution >= 4 is 27.4 Å². The highest BCUT2D eigenvalue weighted by molar-refractivity contribution is 9.10. The zero-order chi connectivity index (χ0) is 11.5. The van der Waals surface area contributed by atoms with Gasteiger partial charge in [0.05, 0.1) is 22.9 Å². The van der Waals surface area contributed by atoms with Crippen LogP contribution < -0.4 is 11.1 Å². The first kappa shape index (κ1) is 10.9. The van der Waals surface area contributed by atoms with Gasteiger partial charge in [-0.15, -0.1) is 0 Å². The molecule has 0 saturated carbocycles. The fourth-order valence-electron chi connectivity index (χ4n) is 1.21. The van der Waals surface area contributed by atoms with Crippen molar-refractivity contribution in [3.63, 3.8) is 0 Å². The molecule has 0 amide bonds. The van der Waals surface area contributed by atoms with Crippen LogP contribution in [-0.4, -0.2) is 19.7 Å². The number of aromatic nitrogens is 4. The lowest BCUT2D eigenvalue weighted by molar-refractivity contribution is 0.747. The monoisotopic (exact) mass is 282 g/mol. The van der Waals surface area contributed by atoms with Crippen LogP contribution in [0.3, 0.4) is 0 Å². The van der Waals surface area contributed by atoms with Gasteiger partial charge in [0.1, 0.15) is 12.1 Å². The van der Waals surface area contributed by atoms with Gasteiger partial charge in [-0.1, -0.05) is 0 Å². The van der Waals surface area contributed by atoms with Gasteiger partial charge in [-0.05, 0) is 22.0 Å². The lowest BCUT2D eigenvalue weighted by Crippen LogP contribution is -2.04. The predicted octanol–water partition coefficient (Wildman–Crippen LogP) is 1.17.